The van der Waals surface area contributed by atoms with Crippen molar-refractivity contribution in [2.45, 2.75) is 6.18 Å². The van der Waals surface area contributed by atoms with Crippen molar-refractivity contribution in [3.05, 3.63) is 42.0 Å². The van der Waals surface area contributed by atoms with Gasteiger partial charge < -0.3 is 10.6 Å². The van der Waals surface area contributed by atoms with Gasteiger partial charge in [-0.1, -0.05) is 6.07 Å². The molecule has 0 saturated carbocycles. The largest absolute Gasteiger partial charge is 0.451 e. The highest BCUT2D eigenvalue weighted by Crippen LogP contribution is 2.29. The summed E-state index contributed by atoms with van der Waals surface area (Å²) in [6.45, 7) is 0. The Hall–Kier alpha value is -2.38. The molecule has 0 spiro atoms. The van der Waals surface area contributed by atoms with E-state index in [2.05, 4.69) is 20.6 Å². The summed E-state index contributed by atoms with van der Waals surface area (Å²) in [6.07, 6.45) is -4.66. The Morgan fingerprint density at radius 1 is 1.05 bits per heavy atom. The fraction of sp³-hybridized carbons (Fsp3) is 0.167. The maximum atomic E-state index is 13.0. The number of hydrogen-bond acceptors (Lipinski definition) is 4. The van der Waals surface area contributed by atoms with Crippen molar-refractivity contribution in [2.75, 3.05) is 17.7 Å². The number of nitrogens with one attached hydrogen (secondary N) is 2. The second-order valence-corrected chi connectivity index (χ2v) is 3.85. The van der Waals surface area contributed by atoms with E-state index in [4.69, 9.17) is 0 Å². The third-order valence-electron chi connectivity index (χ3n) is 2.33. The molecule has 0 bridgehead atoms. The van der Waals surface area contributed by atoms with Gasteiger partial charge in [0.25, 0.3) is 0 Å². The minimum atomic E-state index is -4.66. The van der Waals surface area contributed by atoms with Gasteiger partial charge in [-0.15, -0.1) is 0 Å². The average Bonchev–Trinajstić information content (AvgIpc) is 2.37. The van der Waals surface area contributed by atoms with Crippen molar-refractivity contribution in [2.24, 2.45) is 0 Å². The summed E-state index contributed by atoms with van der Waals surface area (Å²) < 4.78 is 51.0. The lowest BCUT2D eigenvalue weighted by molar-refractivity contribution is -0.144. The van der Waals surface area contributed by atoms with Gasteiger partial charge in [0.2, 0.25) is 5.82 Å². The van der Waals surface area contributed by atoms with E-state index in [1.54, 1.807) is 0 Å². The molecule has 0 unspecified atom stereocenters. The molecule has 2 aromatic rings. The Labute approximate surface area is 111 Å². The molecule has 0 aliphatic heterocycles. The summed E-state index contributed by atoms with van der Waals surface area (Å²) in [7, 11) is 1.44. The number of alkyl halides is 3. The van der Waals surface area contributed by atoms with E-state index < -0.39 is 17.8 Å². The van der Waals surface area contributed by atoms with E-state index >= 15 is 0 Å². The molecule has 1 heterocycles. The summed E-state index contributed by atoms with van der Waals surface area (Å²) in [5.41, 5.74) is 0.291. The number of aromatic nitrogens is 2. The predicted octanol–water partition coefficient (Wildman–Crippen LogP) is 3.42. The molecule has 0 aliphatic carbocycles. The van der Waals surface area contributed by atoms with Crippen LogP contribution in [0.25, 0.3) is 0 Å². The molecule has 1 aromatic heterocycles. The first-order chi connectivity index (χ1) is 9.38. The van der Waals surface area contributed by atoms with Crippen molar-refractivity contribution in [1.29, 1.82) is 0 Å². The Balaban J connectivity index is 2.36. The molecule has 1 aromatic carbocycles. The highest BCUT2D eigenvalue weighted by molar-refractivity contribution is 5.59. The van der Waals surface area contributed by atoms with Crippen LogP contribution in [0.2, 0.25) is 0 Å². The normalized spacial score (nSPS) is 11.2. The van der Waals surface area contributed by atoms with Crippen LogP contribution in [0, 0.1) is 5.82 Å². The summed E-state index contributed by atoms with van der Waals surface area (Å²) in [4.78, 5) is 6.69. The van der Waals surface area contributed by atoms with Gasteiger partial charge in [-0.25, -0.2) is 14.4 Å². The van der Waals surface area contributed by atoms with Crippen molar-refractivity contribution in [3.63, 3.8) is 0 Å². The lowest BCUT2D eigenvalue weighted by Crippen LogP contribution is -2.13. The first-order valence-electron chi connectivity index (χ1n) is 5.55. The lowest BCUT2D eigenvalue weighted by Gasteiger charge is -2.11. The smallest absolute Gasteiger partial charge is 0.373 e. The highest BCUT2D eigenvalue weighted by atomic mass is 19.4. The first kappa shape index (κ1) is 14.0. The number of anilines is 3. The van der Waals surface area contributed by atoms with E-state index in [0.717, 1.165) is 6.07 Å². The molecule has 106 valence electrons. The molecule has 2 rings (SSSR count). The molecule has 20 heavy (non-hydrogen) atoms. The van der Waals surface area contributed by atoms with Crippen molar-refractivity contribution >= 4 is 17.3 Å². The number of rotatable bonds is 3. The van der Waals surface area contributed by atoms with Crippen LogP contribution in [-0.4, -0.2) is 17.0 Å². The summed E-state index contributed by atoms with van der Waals surface area (Å²) in [5, 5.41) is 5.11. The molecular weight excluding hydrogens is 276 g/mol. The van der Waals surface area contributed by atoms with E-state index in [1.165, 1.54) is 31.3 Å². The zero-order valence-corrected chi connectivity index (χ0v) is 10.3. The topological polar surface area (TPSA) is 49.8 Å². The Bertz CT molecular complexity index is 613. The minimum absolute atomic E-state index is 0.00577. The molecule has 0 saturated heterocycles. The summed E-state index contributed by atoms with van der Waals surface area (Å²) in [6, 6.07) is 6.61. The van der Waals surface area contributed by atoms with Crippen LogP contribution in [0.4, 0.5) is 34.9 Å². The fourth-order valence-corrected chi connectivity index (χ4v) is 1.48. The molecule has 0 fully saturated rings. The van der Waals surface area contributed by atoms with Crippen molar-refractivity contribution < 1.29 is 17.6 Å². The van der Waals surface area contributed by atoms with Crippen LogP contribution >= 0.6 is 0 Å². The molecule has 0 atom stereocenters. The lowest BCUT2D eigenvalue weighted by atomic mass is 10.3. The summed E-state index contributed by atoms with van der Waals surface area (Å²) in [5.74, 6) is -1.86. The van der Waals surface area contributed by atoms with Crippen LogP contribution in [0.5, 0.6) is 0 Å². The Morgan fingerprint density at radius 3 is 2.35 bits per heavy atom. The van der Waals surface area contributed by atoms with Gasteiger partial charge in [0, 0.05) is 18.8 Å². The number of nitrogens with zero attached hydrogens (tertiary/aromatic N) is 2. The van der Waals surface area contributed by atoms with E-state index in [1.807, 2.05) is 0 Å². The molecular formula is C12H10F4N4. The molecule has 0 radical (unpaired) electrons. The molecule has 0 amide bonds. The van der Waals surface area contributed by atoms with Gasteiger partial charge in [0.05, 0.1) is 0 Å². The van der Waals surface area contributed by atoms with Gasteiger partial charge >= 0.3 is 6.18 Å². The van der Waals surface area contributed by atoms with Crippen LogP contribution < -0.4 is 10.6 Å². The predicted molar refractivity (Wildman–Crippen MR) is 66.3 cm³/mol. The van der Waals surface area contributed by atoms with E-state index in [-0.39, 0.29) is 11.6 Å². The van der Waals surface area contributed by atoms with Gasteiger partial charge in [0.1, 0.15) is 17.5 Å². The molecule has 8 heteroatoms. The van der Waals surface area contributed by atoms with Gasteiger partial charge in [0.15, 0.2) is 0 Å². The maximum Gasteiger partial charge on any atom is 0.451 e. The van der Waals surface area contributed by atoms with Crippen molar-refractivity contribution in [3.8, 4) is 0 Å². The average molecular weight is 286 g/mol. The third kappa shape index (κ3) is 3.34. The Morgan fingerprint density at radius 2 is 1.75 bits per heavy atom. The highest BCUT2D eigenvalue weighted by Gasteiger charge is 2.35. The molecule has 4 nitrogen and oxygen atoms in total. The quantitative estimate of drug-likeness (QED) is 0.849. The SMILES string of the molecule is CNc1cc(Nc2cccc(F)c2)nc(C(F)(F)F)n1. The van der Waals surface area contributed by atoms with Crippen LogP contribution in [0.15, 0.2) is 30.3 Å². The zero-order valence-electron chi connectivity index (χ0n) is 10.3. The number of benzene rings is 1. The fourth-order valence-electron chi connectivity index (χ4n) is 1.48. The van der Waals surface area contributed by atoms with Gasteiger partial charge in [-0.05, 0) is 18.2 Å². The van der Waals surface area contributed by atoms with E-state index in [0.29, 0.717) is 5.69 Å². The monoisotopic (exact) mass is 286 g/mol. The van der Waals surface area contributed by atoms with Crippen LogP contribution in [-0.2, 0) is 6.18 Å². The zero-order chi connectivity index (χ0) is 14.8. The minimum Gasteiger partial charge on any atom is -0.373 e. The number of halogens is 4. The van der Waals surface area contributed by atoms with E-state index in [9.17, 15) is 17.6 Å². The standard InChI is InChI=1S/C12H10F4N4/c1-17-9-6-10(20-11(19-9)12(14,15)16)18-8-4-2-3-7(13)5-8/h2-6H,1H3,(H2,17,18,19,20). The van der Waals surface area contributed by atoms with Gasteiger partial charge in [-0.3, -0.25) is 0 Å². The Kier molecular flexibility index (Phi) is 3.73. The van der Waals surface area contributed by atoms with Crippen molar-refractivity contribution in [1.82, 2.24) is 9.97 Å². The molecule has 0 aliphatic rings. The third-order valence-corrected chi connectivity index (χ3v) is 2.33. The molecule has 2 N–H and O–H groups in total. The van der Waals surface area contributed by atoms with Crippen LogP contribution in [0.1, 0.15) is 5.82 Å². The summed E-state index contributed by atoms with van der Waals surface area (Å²) >= 11 is 0. The maximum absolute atomic E-state index is 13.0. The van der Waals surface area contributed by atoms with Gasteiger partial charge in [-0.2, -0.15) is 13.2 Å². The second-order valence-electron chi connectivity index (χ2n) is 3.85. The first-order valence-corrected chi connectivity index (χ1v) is 5.55. The van der Waals surface area contributed by atoms with Crippen LogP contribution in [0.3, 0.4) is 0 Å². The number of hydrogen-bond donors (Lipinski definition) is 2. The second kappa shape index (κ2) is 5.32.